The van der Waals surface area contributed by atoms with Gasteiger partial charge in [0.05, 0.1) is 23.2 Å². The van der Waals surface area contributed by atoms with Crippen LogP contribution < -0.4 is 0 Å². The minimum absolute atomic E-state index is 0.0121. The highest BCUT2D eigenvalue weighted by Crippen LogP contribution is 2.31. The van der Waals surface area contributed by atoms with Crippen molar-refractivity contribution < 1.29 is 22.7 Å². The SMILES string of the molecule is CC(C)S(=O)(=O)CC1CCC(C(=O)Cc2cccc(C(=O)N3C[C@@H](C)O[C@@H](C)C3)c2)CC1. The fourth-order valence-corrected chi connectivity index (χ4v) is 6.23. The minimum atomic E-state index is -3.04. The van der Waals surface area contributed by atoms with Gasteiger partial charge in [-0.25, -0.2) is 8.42 Å². The number of nitrogens with zero attached hydrogens (tertiary/aromatic N) is 1. The average Bonchev–Trinajstić information content (AvgIpc) is 2.72. The number of hydrogen-bond acceptors (Lipinski definition) is 5. The molecule has 32 heavy (non-hydrogen) atoms. The highest BCUT2D eigenvalue weighted by molar-refractivity contribution is 7.91. The summed E-state index contributed by atoms with van der Waals surface area (Å²) in [5.74, 6) is 0.537. The van der Waals surface area contributed by atoms with Gasteiger partial charge in [0.2, 0.25) is 0 Å². The molecule has 6 nitrogen and oxygen atoms in total. The lowest BCUT2D eigenvalue weighted by Crippen LogP contribution is -2.48. The van der Waals surface area contributed by atoms with Crippen molar-refractivity contribution in [3.63, 3.8) is 0 Å². The van der Waals surface area contributed by atoms with E-state index >= 15 is 0 Å². The first-order valence-corrected chi connectivity index (χ1v) is 13.5. The first kappa shape index (κ1) is 24.9. The smallest absolute Gasteiger partial charge is 0.254 e. The van der Waals surface area contributed by atoms with E-state index in [2.05, 4.69) is 0 Å². The predicted molar refractivity (Wildman–Crippen MR) is 125 cm³/mol. The van der Waals surface area contributed by atoms with E-state index < -0.39 is 9.84 Å². The zero-order valence-electron chi connectivity index (χ0n) is 19.7. The largest absolute Gasteiger partial charge is 0.372 e. The molecular formula is C25H37NO5S. The van der Waals surface area contributed by atoms with E-state index in [4.69, 9.17) is 4.74 Å². The zero-order chi connectivity index (χ0) is 23.5. The van der Waals surface area contributed by atoms with Crippen molar-refractivity contribution in [1.82, 2.24) is 4.90 Å². The lowest BCUT2D eigenvalue weighted by Gasteiger charge is -2.35. The van der Waals surface area contributed by atoms with Gasteiger partial charge in [-0.05, 0) is 77.0 Å². The highest BCUT2D eigenvalue weighted by Gasteiger charge is 2.30. The van der Waals surface area contributed by atoms with Crippen molar-refractivity contribution in [3.05, 3.63) is 35.4 Å². The van der Waals surface area contributed by atoms with Crippen LogP contribution in [0.4, 0.5) is 0 Å². The second-order valence-electron chi connectivity index (χ2n) is 9.91. The Hall–Kier alpha value is -1.73. The van der Waals surface area contributed by atoms with Crippen LogP contribution in [-0.4, -0.2) is 61.3 Å². The summed E-state index contributed by atoms with van der Waals surface area (Å²) in [6.45, 7) is 8.54. The molecule has 0 radical (unpaired) electrons. The molecule has 2 aliphatic rings. The van der Waals surface area contributed by atoms with Crippen LogP contribution in [0.1, 0.15) is 69.3 Å². The van der Waals surface area contributed by atoms with E-state index in [0.717, 1.165) is 31.2 Å². The summed E-state index contributed by atoms with van der Waals surface area (Å²) < 4.78 is 30.1. The number of rotatable bonds is 7. The zero-order valence-corrected chi connectivity index (χ0v) is 20.6. The molecule has 3 rings (SSSR count). The Balaban J connectivity index is 1.56. The number of hydrogen-bond donors (Lipinski definition) is 0. The Bertz CT molecular complexity index is 908. The number of benzene rings is 1. The van der Waals surface area contributed by atoms with E-state index in [1.165, 1.54) is 0 Å². The molecule has 178 valence electrons. The molecular weight excluding hydrogens is 426 g/mol. The van der Waals surface area contributed by atoms with Crippen molar-refractivity contribution in [1.29, 1.82) is 0 Å². The molecule has 2 atom stereocenters. The number of sulfone groups is 1. The van der Waals surface area contributed by atoms with Gasteiger partial charge in [-0.3, -0.25) is 9.59 Å². The summed E-state index contributed by atoms with van der Waals surface area (Å²) in [6, 6.07) is 7.39. The van der Waals surface area contributed by atoms with Crippen LogP contribution in [0.15, 0.2) is 24.3 Å². The number of carbonyl (C=O) groups excluding carboxylic acids is 2. The second-order valence-corrected chi connectivity index (χ2v) is 12.5. The highest BCUT2D eigenvalue weighted by atomic mass is 32.2. The number of ether oxygens (including phenoxy) is 1. The summed E-state index contributed by atoms with van der Waals surface area (Å²) in [5.41, 5.74) is 1.47. The van der Waals surface area contributed by atoms with E-state index in [0.29, 0.717) is 25.1 Å². The summed E-state index contributed by atoms with van der Waals surface area (Å²) in [7, 11) is -3.04. The molecule has 7 heteroatoms. The van der Waals surface area contributed by atoms with Crippen LogP contribution in [-0.2, 0) is 25.8 Å². The topological polar surface area (TPSA) is 80.8 Å². The third kappa shape index (κ3) is 6.41. The van der Waals surface area contributed by atoms with Crippen LogP contribution >= 0.6 is 0 Å². The van der Waals surface area contributed by atoms with E-state index in [1.54, 1.807) is 13.8 Å². The van der Waals surface area contributed by atoms with Crippen molar-refractivity contribution in [2.24, 2.45) is 11.8 Å². The molecule has 1 aromatic carbocycles. The summed E-state index contributed by atoms with van der Waals surface area (Å²) in [4.78, 5) is 27.7. The molecule has 1 amide bonds. The Morgan fingerprint density at radius 3 is 2.28 bits per heavy atom. The van der Waals surface area contributed by atoms with Crippen LogP contribution in [0.2, 0.25) is 0 Å². The number of morpholine rings is 1. The molecule has 0 unspecified atom stereocenters. The number of amides is 1. The van der Waals surface area contributed by atoms with Crippen molar-refractivity contribution in [3.8, 4) is 0 Å². The van der Waals surface area contributed by atoms with Crippen LogP contribution in [0.3, 0.4) is 0 Å². The molecule has 2 fully saturated rings. The van der Waals surface area contributed by atoms with Crippen LogP contribution in [0, 0.1) is 11.8 Å². The van der Waals surface area contributed by atoms with Crippen molar-refractivity contribution >= 4 is 21.5 Å². The minimum Gasteiger partial charge on any atom is -0.372 e. The van der Waals surface area contributed by atoms with Gasteiger partial charge in [-0.1, -0.05) is 12.1 Å². The van der Waals surface area contributed by atoms with Gasteiger partial charge in [-0.2, -0.15) is 0 Å². The van der Waals surface area contributed by atoms with E-state index in [-0.39, 0.29) is 46.7 Å². The Labute approximate surface area is 192 Å². The molecule has 0 N–H and O–H groups in total. The second kappa shape index (κ2) is 10.5. The molecule has 0 spiro atoms. The Kier molecular flexibility index (Phi) is 8.15. The third-order valence-corrected chi connectivity index (χ3v) is 9.12. The Morgan fingerprint density at radius 2 is 1.69 bits per heavy atom. The molecule has 1 saturated carbocycles. The summed E-state index contributed by atoms with van der Waals surface area (Å²) in [6.07, 6.45) is 3.41. The quantitative estimate of drug-likeness (QED) is 0.616. The number of ketones is 1. The molecule has 1 aromatic rings. The molecule has 1 heterocycles. The fourth-order valence-electron chi connectivity index (χ4n) is 4.86. The molecule has 0 aromatic heterocycles. The van der Waals surface area contributed by atoms with Gasteiger partial charge in [0.25, 0.3) is 5.91 Å². The van der Waals surface area contributed by atoms with Gasteiger partial charge in [-0.15, -0.1) is 0 Å². The third-order valence-electron chi connectivity index (χ3n) is 6.75. The Morgan fingerprint density at radius 1 is 1.06 bits per heavy atom. The van der Waals surface area contributed by atoms with Crippen molar-refractivity contribution in [2.45, 2.75) is 77.3 Å². The predicted octanol–water partition coefficient (Wildman–Crippen LogP) is 3.68. The average molecular weight is 464 g/mol. The van der Waals surface area contributed by atoms with Gasteiger partial charge >= 0.3 is 0 Å². The molecule has 1 saturated heterocycles. The van der Waals surface area contributed by atoms with Crippen molar-refractivity contribution in [2.75, 3.05) is 18.8 Å². The molecule has 0 bridgehead atoms. The van der Waals surface area contributed by atoms with Crippen LogP contribution in [0.5, 0.6) is 0 Å². The molecule has 1 aliphatic carbocycles. The maximum atomic E-state index is 13.0. The standard InChI is InChI=1S/C25H37NO5S/c1-17(2)32(29,30)16-20-8-10-22(11-9-20)24(27)13-21-6-5-7-23(12-21)25(28)26-14-18(3)31-19(4)15-26/h5-7,12,17-20,22H,8-11,13-16H2,1-4H3/t18-,19+,20?,22?. The maximum absolute atomic E-state index is 13.0. The maximum Gasteiger partial charge on any atom is 0.254 e. The van der Waals surface area contributed by atoms with Gasteiger partial charge in [0.1, 0.15) is 5.78 Å². The van der Waals surface area contributed by atoms with Crippen LogP contribution in [0.25, 0.3) is 0 Å². The van der Waals surface area contributed by atoms with Gasteiger partial charge < -0.3 is 9.64 Å². The normalized spacial score (nSPS) is 26.8. The van der Waals surface area contributed by atoms with Gasteiger partial charge in [0.15, 0.2) is 9.84 Å². The first-order chi connectivity index (χ1) is 15.0. The number of Topliss-reactive ketones (excluding diaryl/α,β-unsaturated/α-hetero) is 1. The van der Waals surface area contributed by atoms with Gasteiger partial charge in [0, 0.05) is 31.0 Å². The lowest BCUT2D eigenvalue weighted by molar-refractivity contribution is -0.123. The molecule has 1 aliphatic heterocycles. The summed E-state index contributed by atoms with van der Waals surface area (Å²) in [5, 5.41) is -0.347. The monoisotopic (exact) mass is 463 g/mol. The van der Waals surface area contributed by atoms with E-state index in [9.17, 15) is 18.0 Å². The number of carbonyl (C=O) groups is 2. The van der Waals surface area contributed by atoms with E-state index in [1.807, 2.05) is 43.0 Å². The lowest BCUT2D eigenvalue weighted by atomic mass is 9.79. The fraction of sp³-hybridized carbons (Fsp3) is 0.680. The first-order valence-electron chi connectivity index (χ1n) is 11.8. The summed E-state index contributed by atoms with van der Waals surface area (Å²) >= 11 is 0.